The number of benzene rings is 1. The highest BCUT2D eigenvalue weighted by Gasteiger charge is 2.08. The van der Waals surface area contributed by atoms with Gasteiger partial charge in [0.25, 0.3) is 0 Å². The molecule has 0 aliphatic rings. The number of hydrogen-bond acceptors (Lipinski definition) is 4. The molecule has 0 fully saturated rings. The van der Waals surface area contributed by atoms with Crippen LogP contribution in [0.4, 0.5) is 15.8 Å². The van der Waals surface area contributed by atoms with Gasteiger partial charge in [-0.3, -0.25) is 0 Å². The first-order chi connectivity index (χ1) is 8.60. The summed E-state index contributed by atoms with van der Waals surface area (Å²) in [7, 11) is 1.43. The van der Waals surface area contributed by atoms with Gasteiger partial charge in [-0.1, -0.05) is 0 Å². The summed E-state index contributed by atoms with van der Waals surface area (Å²) in [5.74, 6) is -0.262. The first-order valence-electron chi connectivity index (χ1n) is 5.52. The molecule has 2 rings (SSSR count). The summed E-state index contributed by atoms with van der Waals surface area (Å²) >= 11 is 1.72. The van der Waals surface area contributed by atoms with Gasteiger partial charge < -0.3 is 15.8 Å². The normalized spacial score (nSPS) is 10.4. The van der Waals surface area contributed by atoms with Crippen molar-refractivity contribution >= 4 is 22.7 Å². The van der Waals surface area contributed by atoms with Gasteiger partial charge in [0.15, 0.2) is 11.6 Å². The maximum absolute atomic E-state index is 13.4. The summed E-state index contributed by atoms with van der Waals surface area (Å²) in [5, 5.41) is 3.18. The van der Waals surface area contributed by atoms with E-state index in [-0.39, 0.29) is 5.75 Å². The third kappa shape index (κ3) is 2.73. The van der Waals surface area contributed by atoms with Crippen molar-refractivity contribution in [3.05, 3.63) is 39.8 Å². The predicted octanol–water partition coefficient (Wildman–Crippen LogP) is 3.40. The summed E-state index contributed by atoms with van der Waals surface area (Å²) in [5.41, 5.74) is 6.82. The number of anilines is 2. The van der Waals surface area contributed by atoms with Gasteiger partial charge >= 0.3 is 0 Å². The fourth-order valence-corrected chi connectivity index (χ4v) is 2.47. The standard InChI is InChI=1S/C13H15FN2OS/c1-8-3-4-9(18-8)7-16-12-6-13(17-2)10(14)5-11(12)15/h3-6,16H,7,15H2,1-2H3. The maximum Gasteiger partial charge on any atom is 0.167 e. The Bertz CT molecular complexity index is 554. The van der Waals surface area contributed by atoms with Crippen LogP contribution in [0.2, 0.25) is 0 Å². The van der Waals surface area contributed by atoms with Crippen LogP contribution in [-0.2, 0) is 6.54 Å². The lowest BCUT2D eigenvalue weighted by Crippen LogP contribution is -2.02. The van der Waals surface area contributed by atoms with Gasteiger partial charge in [-0.15, -0.1) is 11.3 Å². The second-order valence-electron chi connectivity index (χ2n) is 3.94. The fraction of sp³-hybridized carbons (Fsp3) is 0.231. The van der Waals surface area contributed by atoms with Crippen LogP contribution in [0.5, 0.6) is 5.75 Å². The lowest BCUT2D eigenvalue weighted by Gasteiger charge is -2.11. The average Bonchev–Trinajstić information content (AvgIpc) is 2.74. The Morgan fingerprint density at radius 2 is 2.17 bits per heavy atom. The molecule has 0 bridgehead atoms. The Balaban J connectivity index is 2.13. The minimum absolute atomic E-state index is 0.189. The monoisotopic (exact) mass is 266 g/mol. The second-order valence-corrected chi connectivity index (χ2v) is 5.31. The van der Waals surface area contributed by atoms with Crippen molar-refractivity contribution in [3.8, 4) is 5.75 Å². The number of nitrogen functional groups attached to an aromatic ring is 1. The molecule has 0 radical (unpaired) electrons. The van der Waals surface area contributed by atoms with Gasteiger partial charge in [-0.25, -0.2) is 4.39 Å². The number of nitrogens with two attached hydrogens (primary N) is 1. The van der Waals surface area contributed by atoms with E-state index in [0.29, 0.717) is 17.9 Å². The van der Waals surface area contributed by atoms with Gasteiger partial charge in [0, 0.05) is 28.4 Å². The first-order valence-corrected chi connectivity index (χ1v) is 6.34. The lowest BCUT2D eigenvalue weighted by molar-refractivity contribution is 0.387. The Morgan fingerprint density at radius 1 is 1.39 bits per heavy atom. The molecule has 0 unspecified atom stereocenters. The number of halogens is 1. The second kappa shape index (κ2) is 5.27. The van der Waals surface area contributed by atoms with E-state index in [4.69, 9.17) is 10.5 Å². The minimum Gasteiger partial charge on any atom is -0.494 e. The average molecular weight is 266 g/mol. The largest absolute Gasteiger partial charge is 0.494 e. The molecule has 0 atom stereocenters. The van der Waals surface area contributed by atoms with Crippen LogP contribution in [0.25, 0.3) is 0 Å². The van der Waals surface area contributed by atoms with Crippen molar-refractivity contribution in [1.29, 1.82) is 0 Å². The van der Waals surface area contributed by atoms with Gasteiger partial charge in [0.2, 0.25) is 0 Å². The third-order valence-corrected chi connectivity index (χ3v) is 3.57. The molecule has 2 aromatic rings. The third-order valence-electron chi connectivity index (χ3n) is 2.57. The number of rotatable bonds is 4. The smallest absolute Gasteiger partial charge is 0.167 e. The van der Waals surface area contributed by atoms with E-state index < -0.39 is 5.82 Å². The molecule has 1 heterocycles. The molecule has 0 saturated heterocycles. The molecule has 0 spiro atoms. The van der Waals surface area contributed by atoms with Crippen LogP contribution in [0.3, 0.4) is 0 Å². The number of aryl methyl sites for hydroxylation is 1. The molecule has 0 aliphatic carbocycles. The summed E-state index contributed by atoms with van der Waals surface area (Å²) in [6.07, 6.45) is 0. The van der Waals surface area contributed by atoms with E-state index in [1.807, 2.05) is 0 Å². The highest BCUT2D eigenvalue weighted by atomic mass is 32.1. The van der Waals surface area contributed by atoms with Crippen molar-refractivity contribution in [2.75, 3.05) is 18.2 Å². The zero-order chi connectivity index (χ0) is 13.1. The number of thiophene rings is 1. The number of ether oxygens (including phenoxy) is 1. The Kier molecular flexibility index (Phi) is 3.72. The van der Waals surface area contributed by atoms with E-state index in [2.05, 4.69) is 24.4 Å². The van der Waals surface area contributed by atoms with Crippen LogP contribution in [0, 0.1) is 12.7 Å². The van der Waals surface area contributed by atoms with E-state index in [1.54, 1.807) is 17.4 Å². The van der Waals surface area contributed by atoms with Crippen LogP contribution in [0.1, 0.15) is 9.75 Å². The molecular weight excluding hydrogens is 251 g/mol. The van der Waals surface area contributed by atoms with Crippen molar-refractivity contribution in [3.63, 3.8) is 0 Å². The van der Waals surface area contributed by atoms with Crippen LogP contribution in [0.15, 0.2) is 24.3 Å². The van der Waals surface area contributed by atoms with Crippen molar-refractivity contribution in [2.24, 2.45) is 0 Å². The highest BCUT2D eigenvalue weighted by Crippen LogP contribution is 2.28. The quantitative estimate of drug-likeness (QED) is 0.834. The Labute approximate surface area is 109 Å². The summed E-state index contributed by atoms with van der Waals surface area (Å²) in [4.78, 5) is 2.46. The van der Waals surface area contributed by atoms with Gasteiger partial charge in [-0.05, 0) is 19.1 Å². The van der Waals surface area contributed by atoms with Gasteiger partial charge in [0.05, 0.1) is 18.5 Å². The molecule has 18 heavy (non-hydrogen) atoms. The van der Waals surface area contributed by atoms with Gasteiger partial charge in [0.1, 0.15) is 0 Å². The Morgan fingerprint density at radius 3 is 2.78 bits per heavy atom. The summed E-state index contributed by atoms with van der Waals surface area (Å²) < 4.78 is 18.3. The number of hydrogen-bond donors (Lipinski definition) is 2. The molecule has 0 amide bonds. The predicted molar refractivity (Wildman–Crippen MR) is 73.7 cm³/mol. The topological polar surface area (TPSA) is 47.3 Å². The van der Waals surface area contributed by atoms with E-state index in [9.17, 15) is 4.39 Å². The van der Waals surface area contributed by atoms with Crippen molar-refractivity contribution < 1.29 is 9.13 Å². The van der Waals surface area contributed by atoms with E-state index in [0.717, 1.165) is 0 Å². The molecule has 1 aromatic heterocycles. The summed E-state index contributed by atoms with van der Waals surface area (Å²) in [6.45, 7) is 2.72. The lowest BCUT2D eigenvalue weighted by atomic mass is 10.2. The van der Waals surface area contributed by atoms with Crippen LogP contribution >= 0.6 is 11.3 Å². The molecule has 96 valence electrons. The Hall–Kier alpha value is -1.75. The highest BCUT2D eigenvalue weighted by molar-refractivity contribution is 7.11. The van der Waals surface area contributed by atoms with E-state index in [1.165, 1.54) is 22.9 Å². The zero-order valence-electron chi connectivity index (χ0n) is 10.3. The SMILES string of the molecule is COc1cc(NCc2ccc(C)s2)c(N)cc1F. The molecule has 1 aromatic carbocycles. The maximum atomic E-state index is 13.4. The molecule has 3 N–H and O–H groups in total. The fourth-order valence-electron chi connectivity index (χ4n) is 1.64. The van der Waals surface area contributed by atoms with Crippen LogP contribution < -0.4 is 15.8 Å². The molecule has 5 heteroatoms. The van der Waals surface area contributed by atoms with Crippen molar-refractivity contribution in [1.82, 2.24) is 0 Å². The van der Waals surface area contributed by atoms with Gasteiger partial charge in [-0.2, -0.15) is 0 Å². The molecular formula is C13H15FN2OS. The summed E-state index contributed by atoms with van der Waals surface area (Å²) in [6, 6.07) is 6.96. The minimum atomic E-state index is -0.451. The zero-order valence-corrected chi connectivity index (χ0v) is 11.1. The van der Waals surface area contributed by atoms with Crippen LogP contribution in [-0.4, -0.2) is 7.11 Å². The molecule has 0 aliphatic heterocycles. The molecule has 0 saturated carbocycles. The van der Waals surface area contributed by atoms with Crippen molar-refractivity contribution in [2.45, 2.75) is 13.5 Å². The van der Waals surface area contributed by atoms with E-state index >= 15 is 0 Å². The number of methoxy groups -OCH3 is 1. The first kappa shape index (κ1) is 12.7. The number of nitrogens with one attached hydrogen (secondary N) is 1. The molecule has 3 nitrogen and oxygen atoms in total.